The highest BCUT2D eigenvalue weighted by Crippen LogP contribution is 2.19. The number of carbonyl (C=O) groups excluding carboxylic acids is 1. The van der Waals surface area contributed by atoms with Gasteiger partial charge in [-0.05, 0) is 52.2 Å². The molecule has 17 heavy (non-hydrogen) atoms. The van der Waals surface area contributed by atoms with Crippen LogP contribution in [0.5, 0.6) is 0 Å². The lowest BCUT2D eigenvalue weighted by molar-refractivity contribution is -0.130. The third kappa shape index (κ3) is 5.50. The molecule has 4 nitrogen and oxygen atoms in total. The number of nitrogens with zero attached hydrogens (tertiary/aromatic N) is 2. The molecular weight excluding hydrogens is 214 g/mol. The van der Waals surface area contributed by atoms with Crippen LogP contribution in [0.25, 0.3) is 0 Å². The van der Waals surface area contributed by atoms with Crippen LogP contribution in [0, 0.1) is 5.92 Å². The maximum atomic E-state index is 11.7. The number of carbonyl (C=O) groups is 1. The van der Waals surface area contributed by atoms with Gasteiger partial charge in [-0.1, -0.05) is 0 Å². The molecule has 1 aliphatic rings. The molecule has 0 aromatic rings. The second-order valence-corrected chi connectivity index (χ2v) is 5.53. The molecule has 1 aliphatic heterocycles. The second kappa shape index (κ2) is 6.97. The zero-order valence-electron chi connectivity index (χ0n) is 11.5. The van der Waals surface area contributed by atoms with E-state index in [1.54, 1.807) is 0 Å². The topological polar surface area (TPSA) is 49.6 Å². The van der Waals surface area contributed by atoms with E-state index in [1.807, 2.05) is 18.9 Å². The van der Waals surface area contributed by atoms with Gasteiger partial charge in [0, 0.05) is 26.1 Å². The van der Waals surface area contributed by atoms with E-state index in [2.05, 4.69) is 11.9 Å². The van der Waals surface area contributed by atoms with Crippen LogP contribution in [-0.4, -0.2) is 55.5 Å². The Balaban J connectivity index is 2.19. The first-order valence-electron chi connectivity index (χ1n) is 6.67. The van der Waals surface area contributed by atoms with Crippen LogP contribution in [0.1, 0.15) is 32.6 Å². The van der Waals surface area contributed by atoms with Gasteiger partial charge in [0.1, 0.15) is 0 Å². The van der Waals surface area contributed by atoms with Crippen molar-refractivity contribution in [1.29, 1.82) is 0 Å². The summed E-state index contributed by atoms with van der Waals surface area (Å²) in [6, 6.07) is -0.0340. The summed E-state index contributed by atoms with van der Waals surface area (Å²) in [4.78, 5) is 15.9. The molecule has 1 amide bonds. The van der Waals surface area contributed by atoms with E-state index in [9.17, 15) is 4.79 Å². The van der Waals surface area contributed by atoms with Crippen LogP contribution in [0.2, 0.25) is 0 Å². The van der Waals surface area contributed by atoms with E-state index in [4.69, 9.17) is 5.73 Å². The standard InChI is InChI=1S/C13H27N3O/c1-11(14)10-13(17)16(3)9-6-12-4-7-15(2)8-5-12/h11-12H,4-10,14H2,1-3H3. The Labute approximate surface area is 105 Å². The first-order chi connectivity index (χ1) is 7.99. The number of hydrogen-bond acceptors (Lipinski definition) is 3. The third-order valence-corrected chi connectivity index (χ3v) is 3.63. The number of piperidine rings is 1. The Morgan fingerprint density at radius 3 is 2.59 bits per heavy atom. The second-order valence-electron chi connectivity index (χ2n) is 5.53. The van der Waals surface area contributed by atoms with Crippen LogP contribution in [-0.2, 0) is 4.79 Å². The third-order valence-electron chi connectivity index (χ3n) is 3.63. The van der Waals surface area contributed by atoms with Crippen molar-refractivity contribution in [3.63, 3.8) is 0 Å². The van der Waals surface area contributed by atoms with Crippen LogP contribution < -0.4 is 5.73 Å². The monoisotopic (exact) mass is 241 g/mol. The lowest BCUT2D eigenvalue weighted by Crippen LogP contribution is -2.35. The molecule has 4 heteroatoms. The molecule has 1 atom stereocenters. The van der Waals surface area contributed by atoms with Crippen molar-refractivity contribution >= 4 is 5.91 Å². The summed E-state index contributed by atoms with van der Waals surface area (Å²) in [5.41, 5.74) is 5.63. The molecule has 2 N–H and O–H groups in total. The number of nitrogens with two attached hydrogens (primary N) is 1. The van der Waals surface area contributed by atoms with Gasteiger partial charge in [0.15, 0.2) is 0 Å². The minimum atomic E-state index is -0.0340. The van der Waals surface area contributed by atoms with Crippen LogP contribution in [0.3, 0.4) is 0 Å². The molecule has 0 saturated carbocycles. The van der Waals surface area contributed by atoms with Gasteiger partial charge in [-0.15, -0.1) is 0 Å². The minimum Gasteiger partial charge on any atom is -0.346 e. The van der Waals surface area contributed by atoms with Crippen molar-refractivity contribution in [1.82, 2.24) is 9.80 Å². The summed E-state index contributed by atoms with van der Waals surface area (Å²) >= 11 is 0. The Kier molecular flexibility index (Phi) is 5.92. The van der Waals surface area contributed by atoms with Gasteiger partial charge in [0.25, 0.3) is 0 Å². The minimum absolute atomic E-state index is 0.0340. The number of likely N-dealkylation sites (tertiary alicyclic amines) is 1. The molecule has 1 rings (SSSR count). The highest BCUT2D eigenvalue weighted by Gasteiger charge is 2.18. The molecule has 0 bridgehead atoms. The molecular formula is C13H27N3O. The summed E-state index contributed by atoms with van der Waals surface area (Å²) in [5.74, 6) is 0.963. The van der Waals surface area contributed by atoms with Gasteiger partial charge in [0.05, 0.1) is 0 Å². The van der Waals surface area contributed by atoms with E-state index >= 15 is 0 Å². The van der Waals surface area contributed by atoms with Crippen molar-refractivity contribution in [2.75, 3.05) is 33.7 Å². The van der Waals surface area contributed by atoms with E-state index in [0.717, 1.165) is 18.9 Å². The predicted octanol–water partition coefficient (Wildman–Crippen LogP) is 0.914. The van der Waals surface area contributed by atoms with Gasteiger partial charge in [0.2, 0.25) is 5.91 Å². The number of amides is 1. The molecule has 0 radical (unpaired) electrons. The number of rotatable bonds is 5. The molecule has 0 aliphatic carbocycles. The lowest BCUT2D eigenvalue weighted by Gasteiger charge is -2.30. The van der Waals surface area contributed by atoms with E-state index in [0.29, 0.717) is 6.42 Å². The molecule has 0 aromatic heterocycles. The maximum Gasteiger partial charge on any atom is 0.223 e. The Bertz CT molecular complexity index is 235. The predicted molar refractivity (Wildman–Crippen MR) is 70.7 cm³/mol. The van der Waals surface area contributed by atoms with Crippen molar-refractivity contribution in [3.8, 4) is 0 Å². The van der Waals surface area contributed by atoms with Gasteiger partial charge >= 0.3 is 0 Å². The van der Waals surface area contributed by atoms with E-state index in [1.165, 1.54) is 25.9 Å². The van der Waals surface area contributed by atoms with Crippen LogP contribution in [0.15, 0.2) is 0 Å². The zero-order chi connectivity index (χ0) is 12.8. The van der Waals surface area contributed by atoms with Crippen LogP contribution in [0.4, 0.5) is 0 Å². The molecule has 1 saturated heterocycles. The van der Waals surface area contributed by atoms with E-state index in [-0.39, 0.29) is 11.9 Å². The quantitative estimate of drug-likeness (QED) is 0.778. The maximum absolute atomic E-state index is 11.7. The average molecular weight is 241 g/mol. The summed E-state index contributed by atoms with van der Waals surface area (Å²) in [6.07, 6.45) is 4.14. The van der Waals surface area contributed by atoms with Gasteiger partial charge in [-0.25, -0.2) is 0 Å². The molecule has 1 unspecified atom stereocenters. The average Bonchev–Trinajstić information content (AvgIpc) is 2.27. The first-order valence-corrected chi connectivity index (χ1v) is 6.67. The van der Waals surface area contributed by atoms with Crippen molar-refractivity contribution in [2.45, 2.75) is 38.6 Å². The summed E-state index contributed by atoms with van der Waals surface area (Å²) in [6.45, 7) is 5.15. The molecule has 0 aromatic carbocycles. The largest absolute Gasteiger partial charge is 0.346 e. The van der Waals surface area contributed by atoms with Crippen molar-refractivity contribution < 1.29 is 4.79 Å². The fourth-order valence-corrected chi connectivity index (χ4v) is 2.28. The Morgan fingerprint density at radius 2 is 2.06 bits per heavy atom. The first kappa shape index (κ1) is 14.5. The Hall–Kier alpha value is -0.610. The smallest absolute Gasteiger partial charge is 0.223 e. The van der Waals surface area contributed by atoms with Crippen LogP contribution >= 0.6 is 0 Å². The Morgan fingerprint density at radius 1 is 1.47 bits per heavy atom. The zero-order valence-corrected chi connectivity index (χ0v) is 11.5. The van der Waals surface area contributed by atoms with Gasteiger partial charge in [-0.3, -0.25) is 4.79 Å². The highest BCUT2D eigenvalue weighted by atomic mass is 16.2. The fourth-order valence-electron chi connectivity index (χ4n) is 2.28. The summed E-state index contributed by atoms with van der Waals surface area (Å²) in [7, 11) is 4.06. The van der Waals surface area contributed by atoms with Crippen molar-refractivity contribution in [2.24, 2.45) is 11.7 Å². The normalized spacial score (nSPS) is 20.2. The SMILES string of the molecule is CC(N)CC(=O)N(C)CCC1CCN(C)CC1. The highest BCUT2D eigenvalue weighted by molar-refractivity contribution is 5.76. The molecule has 0 spiro atoms. The lowest BCUT2D eigenvalue weighted by atomic mass is 9.93. The molecule has 1 heterocycles. The van der Waals surface area contributed by atoms with Gasteiger partial charge < -0.3 is 15.5 Å². The molecule has 1 fully saturated rings. The molecule has 100 valence electrons. The van der Waals surface area contributed by atoms with Gasteiger partial charge in [-0.2, -0.15) is 0 Å². The van der Waals surface area contributed by atoms with Crippen molar-refractivity contribution in [3.05, 3.63) is 0 Å². The fraction of sp³-hybridized carbons (Fsp3) is 0.923. The summed E-state index contributed by atoms with van der Waals surface area (Å²) in [5, 5.41) is 0. The number of hydrogen-bond donors (Lipinski definition) is 1. The summed E-state index contributed by atoms with van der Waals surface area (Å²) < 4.78 is 0. The van der Waals surface area contributed by atoms with E-state index < -0.39 is 0 Å².